The van der Waals surface area contributed by atoms with Crippen LogP contribution >= 0.6 is 0 Å². The van der Waals surface area contributed by atoms with Crippen LogP contribution < -0.4 is 5.56 Å². The molecule has 1 amide bonds. The number of hydrogen-bond acceptors (Lipinski definition) is 5. The van der Waals surface area contributed by atoms with E-state index in [1.165, 1.54) is 0 Å². The zero-order valence-electron chi connectivity index (χ0n) is 15.3. The van der Waals surface area contributed by atoms with Crippen LogP contribution in [0.1, 0.15) is 52.3 Å². The maximum atomic E-state index is 12.7. The lowest BCUT2D eigenvalue weighted by Gasteiger charge is -2.32. The predicted molar refractivity (Wildman–Crippen MR) is 95.1 cm³/mol. The summed E-state index contributed by atoms with van der Waals surface area (Å²) < 4.78 is 6.74. The normalized spacial score (nSPS) is 17.5. The molecule has 26 heavy (non-hydrogen) atoms. The highest BCUT2D eigenvalue weighted by atomic mass is 16.5. The number of carbonyl (C=O) groups is 1. The molecule has 1 saturated heterocycles. The molecule has 0 saturated carbocycles. The third-order valence-corrected chi connectivity index (χ3v) is 5.60. The largest absolute Gasteiger partial charge is 0.361 e. The van der Waals surface area contributed by atoms with Gasteiger partial charge in [-0.1, -0.05) is 5.16 Å². The lowest BCUT2D eigenvalue weighted by atomic mass is 9.96. The van der Waals surface area contributed by atoms with Crippen LogP contribution in [-0.2, 0) is 19.4 Å². The maximum absolute atomic E-state index is 12.7. The van der Waals surface area contributed by atoms with E-state index in [0.29, 0.717) is 42.6 Å². The van der Waals surface area contributed by atoms with Crippen LogP contribution in [0.3, 0.4) is 0 Å². The Kier molecular flexibility index (Phi) is 4.38. The number of fused-ring (bicyclic) bond motifs is 1. The van der Waals surface area contributed by atoms with Crippen LogP contribution in [0, 0.1) is 19.8 Å². The molecule has 7 nitrogen and oxygen atoms in total. The molecular weight excluding hydrogens is 332 g/mol. The zero-order chi connectivity index (χ0) is 18.3. The Morgan fingerprint density at radius 3 is 2.73 bits per heavy atom. The summed E-state index contributed by atoms with van der Waals surface area (Å²) in [5.74, 6) is 0.935. The molecule has 4 rings (SSSR count). The highest BCUT2D eigenvalue weighted by Gasteiger charge is 2.28. The standard InChI is InChI=1S/C19H24N4O3/c1-12-18(13(2)26-21-12)19(25)22-8-6-14(7-9-22)11-23-17(24)10-15-4-3-5-16(15)20-23/h10,14H,3-9,11H2,1-2H3. The van der Waals surface area contributed by atoms with E-state index in [2.05, 4.69) is 10.3 Å². The second-order valence-electron chi connectivity index (χ2n) is 7.42. The summed E-state index contributed by atoms with van der Waals surface area (Å²) in [5, 5.41) is 8.44. The second-order valence-corrected chi connectivity index (χ2v) is 7.42. The summed E-state index contributed by atoms with van der Waals surface area (Å²) in [6.07, 6.45) is 4.79. The van der Waals surface area contributed by atoms with Gasteiger partial charge >= 0.3 is 0 Å². The van der Waals surface area contributed by atoms with Crippen LogP contribution in [-0.4, -0.2) is 38.8 Å². The molecule has 3 heterocycles. The summed E-state index contributed by atoms with van der Waals surface area (Å²) in [6.45, 7) is 5.58. The quantitative estimate of drug-likeness (QED) is 0.839. The maximum Gasteiger partial charge on any atom is 0.267 e. The van der Waals surface area contributed by atoms with E-state index in [4.69, 9.17) is 4.52 Å². The molecule has 0 radical (unpaired) electrons. The van der Waals surface area contributed by atoms with E-state index >= 15 is 0 Å². The van der Waals surface area contributed by atoms with Gasteiger partial charge in [-0.2, -0.15) is 5.10 Å². The van der Waals surface area contributed by atoms with Gasteiger partial charge in [0.15, 0.2) is 0 Å². The molecule has 0 N–H and O–H groups in total. The Labute approximate surface area is 152 Å². The van der Waals surface area contributed by atoms with Crippen LogP contribution in [0.25, 0.3) is 0 Å². The van der Waals surface area contributed by atoms with E-state index in [9.17, 15) is 9.59 Å². The number of likely N-dealkylation sites (tertiary alicyclic amines) is 1. The van der Waals surface area contributed by atoms with Gasteiger partial charge in [-0.05, 0) is 57.4 Å². The Bertz CT molecular complexity index is 871. The summed E-state index contributed by atoms with van der Waals surface area (Å²) in [7, 11) is 0. The van der Waals surface area contributed by atoms with E-state index in [-0.39, 0.29) is 11.5 Å². The summed E-state index contributed by atoms with van der Waals surface area (Å²) in [4.78, 5) is 26.8. The number of aromatic nitrogens is 3. The molecule has 1 aliphatic heterocycles. The van der Waals surface area contributed by atoms with Crippen molar-refractivity contribution in [2.24, 2.45) is 5.92 Å². The Morgan fingerprint density at radius 1 is 1.27 bits per heavy atom. The highest BCUT2D eigenvalue weighted by molar-refractivity contribution is 5.96. The van der Waals surface area contributed by atoms with E-state index in [1.54, 1.807) is 24.6 Å². The van der Waals surface area contributed by atoms with Gasteiger partial charge in [0.05, 0.1) is 11.4 Å². The predicted octanol–water partition coefficient (Wildman–Crippen LogP) is 1.89. The van der Waals surface area contributed by atoms with Crippen LogP contribution in [0.2, 0.25) is 0 Å². The highest BCUT2D eigenvalue weighted by Crippen LogP contribution is 2.23. The average molecular weight is 356 g/mol. The van der Waals surface area contributed by atoms with Crippen molar-refractivity contribution in [2.75, 3.05) is 13.1 Å². The van der Waals surface area contributed by atoms with Gasteiger partial charge in [0.25, 0.3) is 11.5 Å². The van der Waals surface area contributed by atoms with Gasteiger partial charge in [0.1, 0.15) is 11.3 Å². The van der Waals surface area contributed by atoms with Crippen molar-refractivity contribution in [2.45, 2.75) is 52.5 Å². The topological polar surface area (TPSA) is 81.2 Å². The first-order valence-electron chi connectivity index (χ1n) is 9.35. The number of carbonyl (C=O) groups excluding carboxylic acids is 1. The Hall–Kier alpha value is -2.44. The number of amides is 1. The lowest BCUT2D eigenvalue weighted by molar-refractivity contribution is 0.0678. The average Bonchev–Trinajstić information content (AvgIpc) is 3.21. The Balaban J connectivity index is 1.40. The first-order chi connectivity index (χ1) is 12.5. The fourth-order valence-electron chi connectivity index (χ4n) is 4.08. The molecule has 0 spiro atoms. The number of nitrogens with zero attached hydrogens (tertiary/aromatic N) is 4. The number of hydrogen-bond donors (Lipinski definition) is 0. The van der Waals surface area contributed by atoms with Crippen LogP contribution in [0.4, 0.5) is 0 Å². The summed E-state index contributed by atoms with van der Waals surface area (Å²) >= 11 is 0. The van der Waals surface area contributed by atoms with Crippen molar-refractivity contribution in [3.8, 4) is 0 Å². The van der Waals surface area contributed by atoms with Gasteiger partial charge in [-0.3, -0.25) is 9.59 Å². The van der Waals surface area contributed by atoms with Gasteiger partial charge < -0.3 is 9.42 Å². The number of aryl methyl sites for hydroxylation is 4. The van der Waals surface area contributed by atoms with E-state index < -0.39 is 0 Å². The molecule has 1 aliphatic carbocycles. The van der Waals surface area contributed by atoms with Crippen LogP contribution in [0.5, 0.6) is 0 Å². The van der Waals surface area contributed by atoms with Gasteiger partial charge in [-0.15, -0.1) is 0 Å². The summed E-state index contributed by atoms with van der Waals surface area (Å²) in [6, 6.07) is 1.76. The molecule has 1 fully saturated rings. The van der Waals surface area contributed by atoms with Crippen molar-refractivity contribution >= 4 is 5.91 Å². The van der Waals surface area contributed by atoms with Gasteiger partial charge in [0.2, 0.25) is 0 Å². The molecule has 0 unspecified atom stereocenters. The first-order valence-corrected chi connectivity index (χ1v) is 9.35. The number of rotatable bonds is 3. The monoisotopic (exact) mass is 356 g/mol. The van der Waals surface area contributed by atoms with Crippen molar-refractivity contribution in [3.05, 3.63) is 44.7 Å². The minimum atomic E-state index is -0.00692. The van der Waals surface area contributed by atoms with Crippen molar-refractivity contribution in [3.63, 3.8) is 0 Å². The smallest absolute Gasteiger partial charge is 0.267 e. The summed E-state index contributed by atoms with van der Waals surface area (Å²) in [5.41, 5.74) is 3.42. The van der Waals surface area contributed by atoms with Crippen molar-refractivity contribution < 1.29 is 9.32 Å². The number of piperidine rings is 1. The second kappa shape index (κ2) is 6.70. The van der Waals surface area contributed by atoms with Crippen molar-refractivity contribution in [1.82, 2.24) is 19.8 Å². The fourth-order valence-corrected chi connectivity index (χ4v) is 4.08. The van der Waals surface area contributed by atoms with Crippen LogP contribution in [0.15, 0.2) is 15.4 Å². The van der Waals surface area contributed by atoms with E-state index in [1.807, 2.05) is 4.90 Å². The zero-order valence-corrected chi connectivity index (χ0v) is 15.3. The fraction of sp³-hybridized carbons (Fsp3) is 0.579. The van der Waals surface area contributed by atoms with E-state index in [0.717, 1.165) is 43.4 Å². The van der Waals surface area contributed by atoms with Gasteiger partial charge in [-0.25, -0.2) is 4.68 Å². The van der Waals surface area contributed by atoms with Gasteiger partial charge in [0, 0.05) is 25.7 Å². The third-order valence-electron chi connectivity index (χ3n) is 5.60. The third kappa shape index (κ3) is 3.06. The molecule has 2 aliphatic rings. The van der Waals surface area contributed by atoms with Crippen molar-refractivity contribution in [1.29, 1.82) is 0 Å². The molecule has 138 valence electrons. The molecule has 0 aromatic carbocycles. The molecule has 2 aromatic rings. The molecule has 7 heteroatoms. The SMILES string of the molecule is Cc1noc(C)c1C(=O)N1CCC(Cn2nc3c(cc2=O)CCC3)CC1. The molecule has 2 aromatic heterocycles. The molecule has 0 bridgehead atoms. The lowest BCUT2D eigenvalue weighted by Crippen LogP contribution is -2.40. The minimum absolute atomic E-state index is 0.000114. The minimum Gasteiger partial charge on any atom is -0.361 e. The Morgan fingerprint density at radius 2 is 2.04 bits per heavy atom. The first kappa shape index (κ1) is 17.0. The molecular formula is C19H24N4O3. The molecule has 0 atom stereocenters.